The van der Waals surface area contributed by atoms with Crippen molar-refractivity contribution >= 4 is 37.5 Å². The first-order valence-corrected chi connectivity index (χ1v) is 6.92. The van der Waals surface area contributed by atoms with Gasteiger partial charge in [-0.1, -0.05) is 15.9 Å². The van der Waals surface area contributed by atoms with E-state index in [0.29, 0.717) is 0 Å². The lowest BCUT2D eigenvalue weighted by Crippen LogP contribution is -2.05. The Kier molecular flexibility index (Phi) is 3.94. The molecule has 0 amide bonds. The van der Waals surface area contributed by atoms with Crippen molar-refractivity contribution in [2.45, 2.75) is 19.9 Å². The highest BCUT2D eigenvalue weighted by atomic mass is 79.9. The Balaban J connectivity index is 2.15. The van der Waals surface area contributed by atoms with Crippen LogP contribution in [0.15, 0.2) is 43.9 Å². The van der Waals surface area contributed by atoms with Crippen molar-refractivity contribution in [1.82, 2.24) is 0 Å². The molecule has 1 unspecified atom stereocenters. The van der Waals surface area contributed by atoms with Crippen molar-refractivity contribution in [2.75, 3.05) is 5.32 Å². The SMILES string of the molecule is Cc1cc(Br)cc(NC(C)c2ccc(Br)o2)c1. The van der Waals surface area contributed by atoms with Gasteiger partial charge in [0.2, 0.25) is 0 Å². The molecule has 2 rings (SSSR count). The van der Waals surface area contributed by atoms with Crippen LogP contribution in [0.4, 0.5) is 5.69 Å². The zero-order valence-electron chi connectivity index (χ0n) is 9.63. The van der Waals surface area contributed by atoms with Crippen molar-refractivity contribution in [2.24, 2.45) is 0 Å². The summed E-state index contributed by atoms with van der Waals surface area (Å²) in [5.41, 5.74) is 2.30. The van der Waals surface area contributed by atoms with E-state index in [0.717, 1.165) is 20.6 Å². The van der Waals surface area contributed by atoms with Crippen LogP contribution in [0.3, 0.4) is 0 Å². The number of rotatable bonds is 3. The minimum atomic E-state index is 0.134. The van der Waals surface area contributed by atoms with Crippen molar-refractivity contribution in [3.8, 4) is 0 Å². The average molecular weight is 359 g/mol. The summed E-state index contributed by atoms with van der Waals surface area (Å²) in [6, 6.07) is 10.3. The van der Waals surface area contributed by atoms with Crippen LogP contribution in [0.5, 0.6) is 0 Å². The first-order valence-electron chi connectivity index (χ1n) is 5.33. The third-order valence-electron chi connectivity index (χ3n) is 2.45. The number of halogens is 2. The van der Waals surface area contributed by atoms with Gasteiger partial charge in [0.15, 0.2) is 4.67 Å². The van der Waals surface area contributed by atoms with Gasteiger partial charge >= 0.3 is 0 Å². The molecule has 0 saturated heterocycles. The zero-order chi connectivity index (χ0) is 12.4. The third kappa shape index (κ3) is 3.36. The summed E-state index contributed by atoms with van der Waals surface area (Å²) in [6.07, 6.45) is 0. The smallest absolute Gasteiger partial charge is 0.169 e. The van der Waals surface area contributed by atoms with Crippen molar-refractivity contribution < 1.29 is 4.42 Å². The fourth-order valence-corrected chi connectivity index (χ4v) is 2.63. The van der Waals surface area contributed by atoms with E-state index in [1.807, 2.05) is 12.1 Å². The van der Waals surface area contributed by atoms with Crippen LogP contribution in [0.2, 0.25) is 0 Å². The Labute approximate surface area is 118 Å². The summed E-state index contributed by atoms with van der Waals surface area (Å²) < 4.78 is 7.35. The molecule has 1 N–H and O–H groups in total. The van der Waals surface area contributed by atoms with Crippen LogP contribution >= 0.6 is 31.9 Å². The number of anilines is 1. The Bertz CT molecular complexity index is 502. The van der Waals surface area contributed by atoms with E-state index in [9.17, 15) is 0 Å². The Morgan fingerprint density at radius 2 is 1.94 bits per heavy atom. The normalized spacial score (nSPS) is 12.5. The molecule has 2 nitrogen and oxygen atoms in total. The van der Waals surface area contributed by atoms with Gasteiger partial charge in [0.05, 0.1) is 6.04 Å². The number of hydrogen-bond acceptors (Lipinski definition) is 2. The summed E-state index contributed by atoms with van der Waals surface area (Å²) in [7, 11) is 0. The molecular weight excluding hydrogens is 346 g/mol. The maximum Gasteiger partial charge on any atom is 0.169 e. The number of hydrogen-bond donors (Lipinski definition) is 1. The monoisotopic (exact) mass is 357 g/mol. The molecule has 1 heterocycles. The van der Waals surface area contributed by atoms with Crippen LogP contribution in [0.25, 0.3) is 0 Å². The molecule has 1 atom stereocenters. The second kappa shape index (κ2) is 5.27. The van der Waals surface area contributed by atoms with Crippen LogP contribution in [-0.2, 0) is 0 Å². The summed E-state index contributed by atoms with van der Waals surface area (Å²) >= 11 is 6.80. The molecule has 4 heteroatoms. The topological polar surface area (TPSA) is 25.2 Å². The minimum absolute atomic E-state index is 0.134. The molecule has 0 aliphatic rings. The summed E-state index contributed by atoms with van der Waals surface area (Å²) in [5.74, 6) is 0.912. The molecule has 1 aromatic heterocycles. The van der Waals surface area contributed by atoms with Crippen LogP contribution < -0.4 is 5.32 Å². The standard InChI is InChI=1S/C13H13Br2NO/c1-8-5-10(14)7-11(6-8)16-9(2)12-3-4-13(15)17-12/h3-7,9,16H,1-2H3. The van der Waals surface area contributed by atoms with Gasteiger partial charge < -0.3 is 9.73 Å². The Morgan fingerprint density at radius 1 is 1.18 bits per heavy atom. The third-order valence-corrected chi connectivity index (χ3v) is 3.33. The fraction of sp³-hybridized carbons (Fsp3) is 0.231. The number of furan rings is 1. The van der Waals surface area contributed by atoms with Gasteiger partial charge in [0.25, 0.3) is 0 Å². The molecule has 0 fully saturated rings. The Morgan fingerprint density at radius 3 is 2.53 bits per heavy atom. The van der Waals surface area contributed by atoms with Gasteiger partial charge in [-0.05, 0) is 65.7 Å². The predicted molar refractivity (Wildman–Crippen MR) is 77.3 cm³/mol. The molecule has 0 bridgehead atoms. The van der Waals surface area contributed by atoms with Crippen LogP contribution in [0, 0.1) is 6.92 Å². The molecule has 0 spiro atoms. The van der Waals surface area contributed by atoms with E-state index < -0.39 is 0 Å². The van der Waals surface area contributed by atoms with E-state index in [-0.39, 0.29) is 6.04 Å². The second-order valence-electron chi connectivity index (χ2n) is 4.03. The summed E-state index contributed by atoms with van der Waals surface area (Å²) in [5, 5.41) is 3.41. The van der Waals surface area contributed by atoms with Gasteiger partial charge in [0.1, 0.15) is 5.76 Å². The molecule has 17 heavy (non-hydrogen) atoms. The number of benzene rings is 1. The Hall–Kier alpha value is -0.740. The molecule has 2 aromatic rings. The molecule has 0 radical (unpaired) electrons. The second-order valence-corrected chi connectivity index (χ2v) is 5.72. The molecular formula is C13H13Br2NO. The predicted octanol–water partition coefficient (Wildman–Crippen LogP) is 5.29. The van der Waals surface area contributed by atoms with Gasteiger partial charge in [-0.25, -0.2) is 0 Å². The highest BCUT2D eigenvalue weighted by Crippen LogP contribution is 2.26. The fourth-order valence-electron chi connectivity index (χ4n) is 1.70. The van der Waals surface area contributed by atoms with Crippen molar-refractivity contribution in [1.29, 1.82) is 0 Å². The quantitative estimate of drug-likeness (QED) is 0.806. The number of aryl methyl sites for hydroxylation is 1. The first kappa shape index (κ1) is 12.7. The van der Waals surface area contributed by atoms with Gasteiger partial charge in [-0.15, -0.1) is 0 Å². The van der Waals surface area contributed by atoms with E-state index in [2.05, 4.69) is 69.2 Å². The summed E-state index contributed by atoms with van der Waals surface area (Å²) in [6.45, 7) is 4.14. The van der Waals surface area contributed by atoms with Gasteiger partial charge in [-0.3, -0.25) is 0 Å². The minimum Gasteiger partial charge on any atom is -0.452 e. The maximum absolute atomic E-state index is 5.52. The van der Waals surface area contributed by atoms with Crippen molar-refractivity contribution in [3.63, 3.8) is 0 Å². The lowest BCUT2D eigenvalue weighted by Gasteiger charge is -2.13. The van der Waals surface area contributed by atoms with E-state index in [1.54, 1.807) is 0 Å². The average Bonchev–Trinajstić information content (AvgIpc) is 2.63. The lowest BCUT2D eigenvalue weighted by atomic mass is 10.2. The molecule has 0 aliphatic carbocycles. The van der Waals surface area contributed by atoms with Gasteiger partial charge in [-0.2, -0.15) is 0 Å². The number of nitrogens with one attached hydrogen (secondary N) is 1. The highest BCUT2D eigenvalue weighted by molar-refractivity contribution is 9.10. The summed E-state index contributed by atoms with van der Waals surface area (Å²) in [4.78, 5) is 0. The highest BCUT2D eigenvalue weighted by Gasteiger charge is 2.09. The molecule has 1 aromatic carbocycles. The van der Waals surface area contributed by atoms with Gasteiger partial charge in [0, 0.05) is 10.2 Å². The van der Waals surface area contributed by atoms with E-state index >= 15 is 0 Å². The molecule has 90 valence electrons. The largest absolute Gasteiger partial charge is 0.452 e. The molecule has 0 saturated carbocycles. The lowest BCUT2D eigenvalue weighted by molar-refractivity contribution is 0.471. The van der Waals surface area contributed by atoms with Crippen molar-refractivity contribution in [3.05, 3.63) is 50.8 Å². The zero-order valence-corrected chi connectivity index (χ0v) is 12.8. The maximum atomic E-state index is 5.52. The van der Waals surface area contributed by atoms with E-state index in [1.165, 1.54) is 5.56 Å². The molecule has 0 aliphatic heterocycles. The van der Waals surface area contributed by atoms with E-state index in [4.69, 9.17) is 4.42 Å². The first-order chi connectivity index (χ1) is 8.04. The van der Waals surface area contributed by atoms with Crippen LogP contribution in [-0.4, -0.2) is 0 Å². The van der Waals surface area contributed by atoms with Crippen LogP contribution in [0.1, 0.15) is 24.3 Å².